The first-order valence-electron chi connectivity index (χ1n) is 7.79. The van der Waals surface area contributed by atoms with Crippen molar-refractivity contribution in [3.63, 3.8) is 0 Å². The maximum Gasteiger partial charge on any atom is 0.343 e. The van der Waals surface area contributed by atoms with Crippen LogP contribution in [0.1, 0.15) is 17.0 Å². The number of benzene rings is 2. The van der Waals surface area contributed by atoms with Gasteiger partial charge < -0.3 is 9.47 Å². The second kappa shape index (κ2) is 7.74. The Morgan fingerprint density at radius 3 is 2.74 bits per heavy atom. The van der Waals surface area contributed by atoms with Crippen LogP contribution < -0.4 is 15.2 Å². The van der Waals surface area contributed by atoms with Gasteiger partial charge in [-0.05, 0) is 37.3 Å². The Balaban J connectivity index is 1.87. The van der Waals surface area contributed by atoms with E-state index in [0.29, 0.717) is 44.2 Å². The quantitative estimate of drug-likeness (QED) is 0.694. The fraction of sp³-hybridized carbons (Fsp3) is 0.167. The molecule has 0 saturated heterocycles. The van der Waals surface area contributed by atoms with Gasteiger partial charge >= 0.3 is 5.69 Å². The number of nitrogens with zero attached hydrogens (tertiary/aromatic N) is 3. The Morgan fingerprint density at radius 2 is 2.07 bits per heavy atom. The van der Waals surface area contributed by atoms with E-state index in [-0.39, 0.29) is 12.3 Å². The highest BCUT2D eigenvalue weighted by Crippen LogP contribution is 2.38. The van der Waals surface area contributed by atoms with E-state index in [1.165, 1.54) is 10.6 Å². The minimum Gasteiger partial charge on any atom is -0.485 e. The van der Waals surface area contributed by atoms with Gasteiger partial charge in [-0.25, -0.2) is 9.89 Å². The third-order valence-electron chi connectivity index (χ3n) is 3.86. The summed E-state index contributed by atoms with van der Waals surface area (Å²) in [6.45, 7) is 1.88. The SMILES string of the molecule is Cc1c(OCc2n[nH]c(=O)n2C)ccc(Cl)c1Oc1cc(Cl)cc(C#N)c1. The number of hydrogen-bond acceptors (Lipinski definition) is 5. The smallest absolute Gasteiger partial charge is 0.343 e. The molecule has 0 unspecified atom stereocenters. The van der Waals surface area contributed by atoms with Crippen LogP contribution in [0.25, 0.3) is 0 Å². The number of ether oxygens (including phenoxy) is 2. The summed E-state index contributed by atoms with van der Waals surface area (Å²) in [6, 6.07) is 10.1. The number of aromatic nitrogens is 3. The standard InChI is InChI=1S/C18H14Cl2N4O3/c1-10-15(26-9-16-22-23-18(25)24(16)2)4-3-14(20)17(10)27-13-6-11(8-21)5-12(19)7-13/h3-7H,9H2,1-2H3,(H,23,25). The normalized spacial score (nSPS) is 10.5. The predicted octanol–water partition coefficient (Wildman–Crippen LogP) is 3.97. The molecule has 0 amide bonds. The molecule has 0 radical (unpaired) electrons. The van der Waals surface area contributed by atoms with Crippen LogP contribution in [0.15, 0.2) is 35.1 Å². The summed E-state index contributed by atoms with van der Waals surface area (Å²) in [5, 5.41) is 16.1. The first-order valence-corrected chi connectivity index (χ1v) is 8.55. The lowest BCUT2D eigenvalue weighted by Crippen LogP contribution is -2.15. The van der Waals surface area contributed by atoms with Gasteiger partial charge in [-0.15, -0.1) is 0 Å². The van der Waals surface area contributed by atoms with E-state index in [4.69, 9.17) is 37.9 Å². The molecule has 7 nitrogen and oxygen atoms in total. The largest absolute Gasteiger partial charge is 0.485 e. The highest BCUT2D eigenvalue weighted by molar-refractivity contribution is 6.32. The summed E-state index contributed by atoms with van der Waals surface area (Å²) in [6.07, 6.45) is 0. The third-order valence-corrected chi connectivity index (χ3v) is 4.37. The van der Waals surface area contributed by atoms with Crippen molar-refractivity contribution in [1.29, 1.82) is 5.26 Å². The van der Waals surface area contributed by atoms with E-state index in [1.54, 1.807) is 38.2 Å². The van der Waals surface area contributed by atoms with Crippen LogP contribution in [0.5, 0.6) is 17.2 Å². The van der Waals surface area contributed by atoms with Crippen LogP contribution >= 0.6 is 23.2 Å². The summed E-state index contributed by atoms with van der Waals surface area (Å²) in [4.78, 5) is 11.4. The molecule has 0 atom stereocenters. The number of H-pyrrole nitrogens is 1. The van der Waals surface area contributed by atoms with Crippen molar-refractivity contribution in [3.05, 3.63) is 67.8 Å². The summed E-state index contributed by atoms with van der Waals surface area (Å²) >= 11 is 12.3. The van der Waals surface area contributed by atoms with Gasteiger partial charge in [0.2, 0.25) is 0 Å². The molecule has 1 heterocycles. The minimum atomic E-state index is -0.320. The molecule has 1 aromatic heterocycles. The number of rotatable bonds is 5. The van der Waals surface area contributed by atoms with Gasteiger partial charge in [0, 0.05) is 17.6 Å². The summed E-state index contributed by atoms with van der Waals surface area (Å²) in [7, 11) is 1.60. The Kier molecular flexibility index (Phi) is 5.40. The number of nitrogens with one attached hydrogen (secondary N) is 1. The van der Waals surface area contributed by atoms with E-state index >= 15 is 0 Å². The highest BCUT2D eigenvalue weighted by Gasteiger charge is 2.14. The molecule has 27 heavy (non-hydrogen) atoms. The predicted molar refractivity (Wildman–Crippen MR) is 101 cm³/mol. The maximum absolute atomic E-state index is 11.4. The molecular weight excluding hydrogens is 391 g/mol. The summed E-state index contributed by atoms with van der Waals surface area (Å²) < 4.78 is 13.0. The molecule has 0 aliphatic rings. The topological polar surface area (TPSA) is 92.9 Å². The molecule has 0 spiro atoms. The van der Waals surface area contributed by atoms with E-state index in [9.17, 15) is 4.79 Å². The van der Waals surface area contributed by atoms with Gasteiger partial charge in [0.25, 0.3) is 0 Å². The van der Waals surface area contributed by atoms with E-state index in [2.05, 4.69) is 10.2 Å². The average molecular weight is 405 g/mol. The van der Waals surface area contributed by atoms with Crippen LogP contribution in [-0.2, 0) is 13.7 Å². The molecule has 9 heteroatoms. The van der Waals surface area contributed by atoms with Crippen LogP contribution in [0.3, 0.4) is 0 Å². The van der Waals surface area contributed by atoms with E-state index < -0.39 is 0 Å². The second-order valence-corrected chi connectivity index (χ2v) is 6.53. The van der Waals surface area contributed by atoms with Crippen molar-refractivity contribution >= 4 is 23.2 Å². The molecule has 0 saturated carbocycles. The Hall–Kier alpha value is -2.95. The zero-order valence-corrected chi connectivity index (χ0v) is 15.9. The van der Waals surface area contributed by atoms with Gasteiger partial charge in [0.15, 0.2) is 11.6 Å². The van der Waals surface area contributed by atoms with E-state index in [1.807, 2.05) is 6.07 Å². The van der Waals surface area contributed by atoms with Gasteiger partial charge in [-0.1, -0.05) is 23.2 Å². The molecule has 138 valence electrons. The number of halogens is 2. The molecule has 0 aliphatic carbocycles. The van der Waals surface area contributed by atoms with Crippen molar-refractivity contribution in [2.45, 2.75) is 13.5 Å². The lowest BCUT2D eigenvalue weighted by atomic mass is 10.2. The Labute approximate surface area is 164 Å². The molecular formula is C18H14Cl2N4O3. The zero-order valence-electron chi connectivity index (χ0n) is 14.4. The third kappa shape index (κ3) is 4.08. The number of hydrogen-bond donors (Lipinski definition) is 1. The van der Waals surface area contributed by atoms with Crippen LogP contribution in [0.4, 0.5) is 0 Å². The minimum absolute atomic E-state index is 0.0902. The van der Waals surface area contributed by atoms with Crippen molar-refractivity contribution in [2.75, 3.05) is 0 Å². The van der Waals surface area contributed by atoms with Crippen molar-refractivity contribution in [3.8, 4) is 23.3 Å². The monoisotopic (exact) mass is 404 g/mol. The van der Waals surface area contributed by atoms with Crippen molar-refractivity contribution in [1.82, 2.24) is 14.8 Å². The van der Waals surface area contributed by atoms with Crippen LogP contribution in [-0.4, -0.2) is 14.8 Å². The van der Waals surface area contributed by atoms with Crippen molar-refractivity contribution < 1.29 is 9.47 Å². The molecule has 0 aliphatic heterocycles. The van der Waals surface area contributed by atoms with Crippen LogP contribution in [0, 0.1) is 18.3 Å². The number of aromatic amines is 1. The molecule has 3 aromatic rings. The van der Waals surface area contributed by atoms with Crippen molar-refractivity contribution in [2.24, 2.45) is 7.05 Å². The lowest BCUT2D eigenvalue weighted by Gasteiger charge is -2.15. The molecule has 1 N–H and O–H groups in total. The first-order chi connectivity index (χ1) is 12.9. The number of nitriles is 1. The van der Waals surface area contributed by atoms with Crippen LogP contribution in [0.2, 0.25) is 10.0 Å². The molecule has 3 rings (SSSR count). The highest BCUT2D eigenvalue weighted by atomic mass is 35.5. The molecule has 0 fully saturated rings. The lowest BCUT2D eigenvalue weighted by molar-refractivity contribution is 0.287. The summed E-state index contributed by atoms with van der Waals surface area (Å²) in [5.74, 6) is 1.74. The fourth-order valence-electron chi connectivity index (χ4n) is 2.38. The Morgan fingerprint density at radius 1 is 1.30 bits per heavy atom. The average Bonchev–Trinajstić information content (AvgIpc) is 2.96. The second-order valence-electron chi connectivity index (χ2n) is 5.68. The fourth-order valence-corrected chi connectivity index (χ4v) is 2.85. The zero-order chi connectivity index (χ0) is 19.6. The van der Waals surface area contributed by atoms with Gasteiger partial charge in [0.1, 0.15) is 18.1 Å². The van der Waals surface area contributed by atoms with Gasteiger partial charge in [-0.3, -0.25) is 4.57 Å². The summed E-state index contributed by atoms with van der Waals surface area (Å²) in [5.41, 5.74) is 0.708. The molecule has 2 aromatic carbocycles. The first kappa shape index (κ1) is 18.8. The Bertz CT molecular complexity index is 1100. The van der Waals surface area contributed by atoms with E-state index in [0.717, 1.165) is 0 Å². The molecule has 0 bridgehead atoms. The van der Waals surface area contributed by atoms with Gasteiger partial charge in [-0.2, -0.15) is 10.4 Å². The maximum atomic E-state index is 11.4. The van der Waals surface area contributed by atoms with Gasteiger partial charge in [0.05, 0.1) is 16.7 Å².